The second-order valence-electron chi connectivity index (χ2n) is 5.07. The molecule has 0 aliphatic carbocycles. The average molecular weight is 330 g/mol. The number of hydrogen-bond donors (Lipinski definition) is 0. The van der Waals surface area contributed by atoms with Gasteiger partial charge < -0.3 is 19.1 Å². The molecule has 0 N–H and O–H groups in total. The quantitative estimate of drug-likeness (QED) is 0.694. The Balaban J connectivity index is 1.83. The van der Waals surface area contributed by atoms with Crippen molar-refractivity contribution in [2.75, 3.05) is 38.8 Å². The molecule has 1 aromatic carbocycles. The van der Waals surface area contributed by atoms with E-state index in [1.165, 1.54) is 6.20 Å². The number of esters is 1. The number of likely N-dealkylation sites (N-methyl/N-ethyl adjacent to an activating group) is 1. The van der Waals surface area contributed by atoms with Gasteiger partial charge >= 0.3 is 5.97 Å². The molecular formula is C18H22N2O4. The van der Waals surface area contributed by atoms with E-state index in [2.05, 4.69) is 4.98 Å². The van der Waals surface area contributed by atoms with E-state index >= 15 is 0 Å². The topological polar surface area (TPSA) is 60.9 Å². The maximum Gasteiger partial charge on any atom is 0.339 e. The Labute approximate surface area is 142 Å². The largest absolute Gasteiger partial charge is 0.497 e. The number of carbonyl (C=O) groups excluding carboxylic acids is 1. The number of aromatic nitrogens is 1. The Morgan fingerprint density at radius 3 is 2.42 bits per heavy atom. The molecule has 0 amide bonds. The van der Waals surface area contributed by atoms with Crippen LogP contribution in [0.25, 0.3) is 0 Å². The minimum absolute atomic E-state index is 0.350. The predicted octanol–water partition coefficient (Wildman–Crippen LogP) is 2.78. The lowest BCUT2D eigenvalue weighted by atomic mass is 10.3. The predicted molar refractivity (Wildman–Crippen MR) is 92.0 cm³/mol. The smallest absolute Gasteiger partial charge is 0.339 e. The van der Waals surface area contributed by atoms with E-state index in [4.69, 9.17) is 14.2 Å². The molecule has 0 aliphatic rings. The van der Waals surface area contributed by atoms with Crippen molar-refractivity contribution in [3.8, 4) is 11.5 Å². The van der Waals surface area contributed by atoms with Crippen molar-refractivity contribution in [2.24, 2.45) is 0 Å². The second kappa shape index (κ2) is 8.76. The molecule has 6 heteroatoms. The van der Waals surface area contributed by atoms with E-state index in [1.54, 1.807) is 26.2 Å². The summed E-state index contributed by atoms with van der Waals surface area (Å²) < 4.78 is 15.7. The summed E-state index contributed by atoms with van der Waals surface area (Å²) in [6, 6.07) is 10.9. The number of methoxy groups -OCH3 is 1. The average Bonchev–Trinajstić information content (AvgIpc) is 2.62. The number of carbonyl (C=O) groups is 1. The first kappa shape index (κ1) is 17.6. The van der Waals surface area contributed by atoms with E-state index in [1.807, 2.05) is 36.2 Å². The van der Waals surface area contributed by atoms with Gasteiger partial charge in [-0.05, 0) is 43.3 Å². The lowest BCUT2D eigenvalue weighted by Crippen LogP contribution is -2.24. The van der Waals surface area contributed by atoms with Gasteiger partial charge in [0.15, 0.2) is 0 Å². The molecule has 6 nitrogen and oxygen atoms in total. The molecule has 0 saturated heterocycles. The molecule has 1 heterocycles. The highest BCUT2D eigenvalue weighted by molar-refractivity contribution is 5.89. The van der Waals surface area contributed by atoms with Crippen LogP contribution in [0.1, 0.15) is 17.3 Å². The van der Waals surface area contributed by atoms with Gasteiger partial charge in [-0.1, -0.05) is 0 Å². The summed E-state index contributed by atoms with van der Waals surface area (Å²) in [7, 11) is 3.55. The zero-order valence-corrected chi connectivity index (χ0v) is 14.2. The van der Waals surface area contributed by atoms with Gasteiger partial charge in [0.05, 0.1) is 25.8 Å². The summed E-state index contributed by atoms with van der Waals surface area (Å²) >= 11 is 0. The second-order valence-corrected chi connectivity index (χ2v) is 5.07. The normalized spacial score (nSPS) is 10.1. The Kier molecular flexibility index (Phi) is 6.42. The monoisotopic (exact) mass is 330 g/mol. The fourth-order valence-electron chi connectivity index (χ4n) is 2.03. The molecule has 0 fully saturated rings. The van der Waals surface area contributed by atoms with Crippen LogP contribution in [0.4, 0.5) is 5.82 Å². The zero-order chi connectivity index (χ0) is 17.4. The Morgan fingerprint density at radius 2 is 1.83 bits per heavy atom. The van der Waals surface area contributed by atoms with Crippen LogP contribution in [0, 0.1) is 0 Å². The van der Waals surface area contributed by atoms with Crippen LogP contribution in [0.5, 0.6) is 11.5 Å². The molecule has 128 valence electrons. The van der Waals surface area contributed by atoms with Gasteiger partial charge in [-0.15, -0.1) is 0 Å². The Morgan fingerprint density at radius 1 is 1.12 bits per heavy atom. The molecule has 0 bridgehead atoms. The van der Waals surface area contributed by atoms with E-state index in [0.717, 1.165) is 17.3 Å². The third-order valence-electron chi connectivity index (χ3n) is 3.40. The van der Waals surface area contributed by atoms with Gasteiger partial charge in [0.25, 0.3) is 0 Å². The molecule has 1 aromatic heterocycles. The van der Waals surface area contributed by atoms with Gasteiger partial charge in [-0.2, -0.15) is 0 Å². The molecule has 0 radical (unpaired) electrons. The summed E-state index contributed by atoms with van der Waals surface area (Å²) in [4.78, 5) is 17.8. The van der Waals surface area contributed by atoms with Crippen molar-refractivity contribution >= 4 is 11.8 Å². The van der Waals surface area contributed by atoms with Crippen LogP contribution in [-0.2, 0) is 4.74 Å². The first-order valence-electron chi connectivity index (χ1n) is 7.75. The van der Waals surface area contributed by atoms with Crippen molar-refractivity contribution < 1.29 is 19.0 Å². The summed E-state index contributed by atoms with van der Waals surface area (Å²) in [5.41, 5.74) is 0.448. The van der Waals surface area contributed by atoms with E-state index in [0.29, 0.717) is 25.3 Å². The summed E-state index contributed by atoms with van der Waals surface area (Å²) in [6.45, 7) is 3.31. The number of hydrogen-bond acceptors (Lipinski definition) is 6. The third-order valence-corrected chi connectivity index (χ3v) is 3.40. The number of anilines is 1. The van der Waals surface area contributed by atoms with Gasteiger partial charge in [0, 0.05) is 13.2 Å². The van der Waals surface area contributed by atoms with Crippen LogP contribution in [-0.4, -0.2) is 44.9 Å². The highest BCUT2D eigenvalue weighted by Crippen LogP contribution is 2.17. The summed E-state index contributed by atoms with van der Waals surface area (Å²) in [6.07, 6.45) is 1.52. The van der Waals surface area contributed by atoms with Crippen molar-refractivity contribution in [3.05, 3.63) is 48.2 Å². The van der Waals surface area contributed by atoms with E-state index < -0.39 is 0 Å². The molecule has 2 rings (SSSR count). The zero-order valence-electron chi connectivity index (χ0n) is 14.2. The molecule has 0 saturated carbocycles. The van der Waals surface area contributed by atoms with Gasteiger partial charge in [-0.25, -0.2) is 9.78 Å². The fourth-order valence-corrected chi connectivity index (χ4v) is 2.03. The van der Waals surface area contributed by atoms with Crippen molar-refractivity contribution in [1.29, 1.82) is 0 Å². The Bertz CT molecular complexity index is 641. The molecule has 0 aliphatic heterocycles. The van der Waals surface area contributed by atoms with Gasteiger partial charge in [0.2, 0.25) is 0 Å². The van der Waals surface area contributed by atoms with Crippen LogP contribution >= 0.6 is 0 Å². The number of nitrogens with zero attached hydrogens (tertiary/aromatic N) is 2. The van der Waals surface area contributed by atoms with E-state index in [9.17, 15) is 4.79 Å². The van der Waals surface area contributed by atoms with Gasteiger partial charge in [-0.3, -0.25) is 0 Å². The number of ether oxygens (including phenoxy) is 3. The molecule has 0 atom stereocenters. The SMILES string of the molecule is CCOC(=O)c1ccc(N(C)CCOc2ccc(OC)cc2)nc1. The first-order chi connectivity index (χ1) is 11.6. The lowest BCUT2D eigenvalue weighted by molar-refractivity contribution is 0.0526. The summed E-state index contributed by atoms with van der Waals surface area (Å²) in [5, 5.41) is 0. The van der Waals surface area contributed by atoms with Crippen LogP contribution in [0.3, 0.4) is 0 Å². The van der Waals surface area contributed by atoms with Crippen LogP contribution in [0.15, 0.2) is 42.6 Å². The standard InChI is InChI=1S/C18H22N2O4/c1-4-23-18(21)14-5-10-17(19-13-14)20(2)11-12-24-16-8-6-15(22-3)7-9-16/h5-10,13H,4,11-12H2,1-3H3. The minimum Gasteiger partial charge on any atom is -0.497 e. The molecule has 0 spiro atoms. The number of benzene rings is 1. The van der Waals surface area contributed by atoms with Crippen molar-refractivity contribution in [1.82, 2.24) is 4.98 Å². The highest BCUT2D eigenvalue weighted by atomic mass is 16.5. The fraction of sp³-hybridized carbons (Fsp3) is 0.333. The van der Waals surface area contributed by atoms with E-state index in [-0.39, 0.29) is 5.97 Å². The molecular weight excluding hydrogens is 308 g/mol. The maximum absolute atomic E-state index is 11.6. The number of pyridine rings is 1. The molecule has 0 unspecified atom stereocenters. The first-order valence-corrected chi connectivity index (χ1v) is 7.75. The Hall–Kier alpha value is -2.76. The van der Waals surface area contributed by atoms with Crippen LogP contribution in [0.2, 0.25) is 0 Å². The van der Waals surface area contributed by atoms with Crippen LogP contribution < -0.4 is 14.4 Å². The maximum atomic E-state index is 11.6. The van der Waals surface area contributed by atoms with Crippen molar-refractivity contribution in [3.63, 3.8) is 0 Å². The summed E-state index contributed by atoms with van der Waals surface area (Å²) in [5.74, 6) is 1.99. The molecule has 2 aromatic rings. The highest BCUT2D eigenvalue weighted by Gasteiger charge is 2.08. The number of rotatable bonds is 8. The third kappa shape index (κ3) is 4.87. The van der Waals surface area contributed by atoms with Crippen molar-refractivity contribution in [2.45, 2.75) is 6.92 Å². The van der Waals surface area contributed by atoms with Gasteiger partial charge in [0.1, 0.15) is 23.9 Å². The molecule has 24 heavy (non-hydrogen) atoms. The minimum atomic E-state index is -0.359. The lowest BCUT2D eigenvalue weighted by Gasteiger charge is -2.18.